The monoisotopic (exact) mass is 353 g/mol. The van der Waals surface area contributed by atoms with Crippen molar-refractivity contribution in [3.63, 3.8) is 0 Å². The molecule has 140 valence electrons. The Bertz CT molecular complexity index is 801. The number of fused-ring (bicyclic) bond motifs is 1. The molecular formula is C16H27N5O4. The van der Waals surface area contributed by atoms with E-state index in [2.05, 4.69) is 16.9 Å². The van der Waals surface area contributed by atoms with E-state index in [9.17, 15) is 19.8 Å². The van der Waals surface area contributed by atoms with Crippen molar-refractivity contribution in [2.24, 2.45) is 7.05 Å². The van der Waals surface area contributed by atoms with Gasteiger partial charge in [-0.2, -0.15) is 4.98 Å². The number of aliphatic hydroxyl groups excluding tert-OH is 2. The molecule has 0 aliphatic carbocycles. The summed E-state index contributed by atoms with van der Waals surface area (Å²) < 4.78 is 3.09. The topological polar surface area (TPSA) is 116 Å². The smallest absolute Gasteiger partial charge is 0.329 e. The fourth-order valence-electron chi connectivity index (χ4n) is 2.93. The van der Waals surface area contributed by atoms with E-state index in [1.54, 1.807) is 16.5 Å². The molecule has 0 aromatic carbocycles. The van der Waals surface area contributed by atoms with Gasteiger partial charge >= 0.3 is 5.69 Å². The minimum absolute atomic E-state index is 0.103. The number of H-pyrrole nitrogens is 1. The number of aromatic amines is 1. The van der Waals surface area contributed by atoms with Crippen LogP contribution in [0.2, 0.25) is 0 Å². The molecule has 0 amide bonds. The Kier molecular flexibility index (Phi) is 6.77. The van der Waals surface area contributed by atoms with Crippen LogP contribution >= 0.6 is 0 Å². The van der Waals surface area contributed by atoms with Gasteiger partial charge in [-0.05, 0) is 6.42 Å². The summed E-state index contributed by atoms with van der Waals surface area (Å²) in [7, 11) is 1.56. The van der Waals surface area contributed by atoms with E-state index in [4.69, 9.17) is 0 Å². The van der Waals surface area contributed by atoms with Gasteiger partial charge in [-0.1, -0.05) is 26.2 Å². The second-order valence-electron chi connectivity index (χ2n) is 6.05. The minimum atomic E-state index is -0.518. The Morgan fingerprint density at radius 2 is 1.80 bits per heavy atom. The molecule has 2 heterocycles. The van der Waals surface area contributed by atoms with Crippen LogP contribution in [0, 0.1) is 0 Å². The maximum atomic E-state index is 12.4. The van der Waals surface area contributed by atoms with E-state index in [0.717, 1.165) is 25.7 Å². The molecule has 0 fully saturated rings. The largest absolute Gasteiger partial charge is 0.395 e. The zero-order chi connectivity index (χ0) is 18.4. The number of hydrogen-bond donors (Lipinski definition) is 3. The zero-order valence-corrected chi connectivity index (χ0v) is 14.9. The Balaban J connectivity index is 2.57. The van der Waals surface area contributed by atoms with Gasteiger partial charge in [-0.3, -0.25) is 14.3 Å². The molecule has 2 aromatic heterocycles. The van der Waals surface area contributed by atoms with Crippen LogP contribution in [0.15, 0.2) is 9.59 Å². The predicted octanol–water partition coefficient (Wildman–Crippen LogP) is -0.205. The third-order valence-corrected chi connectivity index (χ3v) is 4.24. The van der Waals surface area contributed by atoms with Crippen LogP contribution in [0.25, 0.3) is 11.2 Å². The van der Waals surface area contributed by atoms with Gasteiger partial charge < -0.3 is 19.7 Å². The van der Waals surface area contributed by atoms with Gasteiger partial charge in [0.05, 0.1) is 13.2 Å². The minimum Gasteiger partial charge on any atom is -0.395 e. The first kappa shape index (κ1) is 19.2. The summed E-state index contributed by atoms with van der Waals surface area (Å²) in [6, 6.07) is 0. The molecule has 0 atom stereocenters. The van der Waals surface area contributed by atoms with E-state index >= 15 is 0 Å². The van der Waals surface area contributed by atoms with Gasteiger partial charge in [0.15, 0.2) is 11.2 Å². The first-order chi connectivity index (χ1) is 12.0. The fraction of sp³-hybridized carbons (Fsp3) is 0.688. The van der Waals surface area contributed by atoms with Crippen molar-refractivity contribution in [3.8, 4) is 0 Å². The van der Waals surface area contributed by atoms with Gasteiger partial charge in [0.25, 0.3) is 5.56 Å². The quantitative estimate of drug-likeness (QED) is 0.509. The van der Waals surface area contributed by atoms with E-state index in [0.29, 0.717) is 23.7 Å². The van der Waals surface area contributed by atoms with Crippen LogP contribution in [0.3, 0.4) is 0 Å². The second kappa shape index (κ2) is 8.82. The third-order valence-electron chi connectivity index (χ3n) is 4.24. The summed E-state index contributed by atoms with van der Waals surface area (Å²) in [4.78, 5) is 32.7. The molecule has 9 nitrogen and oxygen atoms in total. The number of nitrogens with one attached hydrogen (secondary N) is 1. The van der Waals surface area contributed by atoms with Gasteiger partial charge in [0.1, 0.15) is 0 Å². The van der Waals surface area contributed by atoms with E-state index in [1.807, 2.05) is 0 Å². The van der Waals surface area contributed by atoms with Crippen LogP contribution in [-0.4, -0.2) is 55.6 Å². The number of aryl methyl sites for hydroxylation is 2. The highest BCUT2D eigenvalue weighted by Gasteiger charge is 2.21. The lowest BCUT2D eigenvalue weighted by Gasteiger charge is -2.22. The molecule has 0 unspecified atom stereocenters. The molecule has 25 heavy (non-hydrogen) atoms. The third kappa shape index (κ3) is 4.10. The van der Waals surface area contributed by atoms with Gasteiger partial charge in [-0.25, -0.2) is 4.79 Å². The van der Waals surface area contributed by atoms with Crippen LogP contribution in [-0.2, 0) is 13.6 Å². The molecule has 2 aromatic rings. The molecule has 0 aliphatic rings. The van der Waals surface area contributed by atoms with Gasteiger partial charge in [-0.15, -0.1) is 0 Å². The summed E-state index contributed by atoms with van der Waals surface area (Å²) in [5.41, 5.74) is -0.342. The van der Waals surface area contributed by atoms with Crippen LogP contribution in [0.1, 0.15) is 32.6 Å². The van der Waals surface area contributed by atoms with E-state index in [-0.39, 0.29) is 26.3 Å². The first-order valence-electron chi connectivity index (χ1n) is 8.71. The zero-order valence-electron chi connectivity index (χ0n) is 14.9. The normalized spacial score (nSPS) is 11.4. The molecule has 0 bridgehead atoms. The number of rotatable bonds is 10. The lowest BCUT2D eigenvalue weighted by Crippen LogP contribution is -2.32. The summed E-state index contributed by atoms with van der Waals surface area (Å²) in [5.74, 6) is 0.487. The Labute approximate surface area is 145 Å². The van der Waals surface area contributed by atoms with Crippen molar-refractivity contribution in [1.29, 1.82) is 0 Å². The van der Waals surface area contributed by atoms with Crippen molar-refractivity contribution in [2.75, 3.05) is 31.2 Å². The predicted molar refractivity (Wildman–Crippen MR) is 96.1 cm³/mol. The average molecular weight is 353 g/mol. The molecule has 9 heteroatoms. The molecule has 3 N–H and O–H groups in total. The summed E-state index contributed by atoms with van der Waals surface area (Å²) in [5, 5.41) is 18.6. The highest BCUT2D eigenvalue weighted by molar-refractivity contribution is 5.74. The molecule has 0 saturated carbocycles. The van der Waals surface area contributed by atoms with Gasteiger partial charge in [0, 0.05) is 26.7 Å². The summed E-state index contributed by atoms with van der Waals surface area (Å²) in [6.07, 6.45) is 4.11. The number of aliphatic hydroxyl groups is 2. The molecule has 0 spiro atoms. The summed E-state index contributed by atoms with van der Waals surface area (Å²) >= 11 is 0. The maximum absolute atomic E-state index is 12.4. The number of aromatic nitrogens is 4. The standard InChI is InChI=1S/C16H27N5O4/c1-3-4-5-6-7-21-12-13(19(2)16(25)18-14(12)24)17-15(21)20(8-10-22)9-11-23/h22-23H,3-11H2,1-2H3,(H,18,24,25). The Morgan fingerprint density at radius 3 is 2.40 bits per heavy atom. The number of anilines is 1. The van der Waals surface area contributed by atoms with Crippen molar-refractivity contribution >= 4 is 17.1 Å². The second-order valence-corrected chi connectivity index (χ2v) is 6.05. The number of nitrogens with zero attached hydrogens (tertiary/aromatic N) is 4. The van der Waals surface area contributed by atoms with Crippen molar-refractivity contribution in [2.45, 2.75) is 39.2 Å². The van der Waals surface area contributed by atoms with Crippen molar-refractivity contribution in [3.05, 3.63) is 20.8 Å². The Hall–Kier alpha value is -2.13. The SMILES string of the molecule is CCCCCCn1c(N(CCO)CCO)nc2c1c(=O)[nH]c(=O)n2C. The average Bonchev–Trinajstić information content (AvgIpc) is 2.96. The van der Waals surface area contributed by atoms with E-state index < -0.39 is 11.2 Å². The number of unbranched alkanes of at least 4 members (excludes halogenated alkanes) is 3. The van der Waals surface area contributed by atoms with Crippen LogP contribution in [0.4, 0.5) is 5.95 Å². The highest BCUT2D eigenvalue weighted by Crippen LogP contribution is 2.20. The van der Waals surface area contributed by atoms with Crippen LogP contribution < -0.4 is 16.1 Å². The first-order valence-corrected chi connectivity index (χ1v) is 8.71. The Morgan fingerprint density at radius 1 is 1.12 bits per heavy atom. The van der Waals surface area contributed by atoms with Crippen molar-refractivity contribution < 1.29 is 10.2 Å². The summed E-state index contributed by atoms with van der Waals surface area (Å²) in [6.45, 7) is 3.07. The molecule has 0 aliphatic heterocycles. The lowest BCUT2D eigenvalue weighted by molar-refractivity contribution is 0.279. The van der Waals surface area contributed by atoms with Crippen molar-refractivity contribution in [1.82, 2.24) is 19.1 Å². The number of imidazole rings is 1. The molecule has 0 radical (unpaired) electrons. The van der Waals surface area contributed by atoms with E-state index in [1.165, 1.54) is 4.57 Å². The molecule has 0 saturated heterocycles. The highest BCUT2D eigenvalue weighted by atomic mass is 16.3. The fourth-order valence-corrected chi connectivity index (χ4v) is 2.93. The lowest BCUT2D eigenvalue weighted by atomic mass is 10.2. The van der Waals surface area contributed by atoms with Gasteiger partial charge in [0.2, 0.25) is 5.95 Å². The molecular weight excluding hydrogens is 326 g/mol. The maximum Gasteiger partial charge on any atom is 0.329 e. The number of hydrogen-bond acceptors (Lipinski definition) is 6. The van der Waals surface area contributed by atoms with Crippen LogP contribution in [0.5, 0.6) is 0 Å². The molecule has 2 rings (SSSR count).